The zero-order valence-corrected chi connectivity index (χ0v) is 21.1. The van der Waals surface area contributed by atoms with Crippen LogP contribution in [0, 0.1) is 19.8 Å². The van der Waals surface area contributed by atoms with Crippen molar-refractivity contribution in [2.45, 2.75) is 66.9 Å². The molecule has 1 aromatic carbocycles. The first-order chi connectivity index (χ1) is 15.3. The molecule has 0 radical (unpaired) electrons. The highest BCUT2D eigenvalue weighted by molar-refractivity contribution is 6.06. The van der Waals surface area contributed by atoms with Crippen molar-refractivity contribution in [2.75, 3.05) is 6.61 Å². The largest absolute Gasteiger partial charge is 0.493 e. The summed E-state index contributed by atoms with van der Waals surface area (Å²) in [5.74, 6) is 1.54. The molecule has 0 aliphatic heterocycles. The maximum atomic E-state index is 12.8. The highest BCUT2D eigenvalue weighted by Crippen LogP contribution is 2.30. The van der Waals surface area contributed by atoms with Gasteiger partial charge in [-0.15, -0.1) is 0 Å². The van der Waals surface area contributed by atoms with Crippen LogP contribution < -0.4 is 16.0 Å². The summed E-state index contributed by atoms with van der Waals surface area (Å²) in [6.45, 7) is 14.4. The van der Waals surface area contributed by atoms with Crippen LogP contribution in [0.3, 0.4) is 0 Å². The molecule has 0 saturated heterocycles. The van der Waals surface area contributed by atoms with E-state index in [4.69, 9.17) is 10.5 Å². The number of fused-ring (bicyclic) bond motifs is 3. The van der Waals surface area contributed by atoms with E-state index in [0.717, 1.165) is 46.1 Å². The average Bonchev–Trinajstić information content (AvgIpc) is 2.68. The van der Waals surface area contributed by atoms with Crippen LogP contribution in [0.15, 0.2) is 29.2 Å². The number of rotatable bonds is 5. The summed E-state index contributed by atoms with van der Waals surface area (Å²) in [6.07, 6.45) is 3.23. The van der Waals surface area contributed by atoms with Crippen LogP contribution in [0.5, 0.6) is 5.75 Å². The van der Waals surface area contributed by atoms with Gasteiger partial charge < -0.3 is 19.8 Å². The lowest BCUT2D eigenvalue weighted by Gasteiger charge is -2.16. The van der Waals surface area contributed by atoms with Gasteiger partial charge in [0.2, 0.25) is 0 Å². The highest BCUT2D eigenvalue weighted by atomic mass is 16.6. The fourth-order valence-electron chi connectivity index (χ4n) is 3.64. The number of hydrogen-bond acceptors (Lipinski definition) is 5. The third-order valence-corrected chi connectivity index (χ3v) is 5.19. The maximum absolute atomic E-state index is 12.8. The Hall–Kier alpha value is -3.09. The molecule has 7 nitrogen and oxygen atoms in total. The molecule has 2 N–H and O–H groups in total. The van der Waals surface area contributed by atoms with Crippen LogP contribution in [0.1, 0.15) is 58.7 Å². The molecule has 2 aromatic heterocycles. The summed E-state index contributed by atoms with van der Waals surface area (Å²) >= 11 is 0. The molecular formula is C26H37N3O4. The number of ether oxygens (including phenoxy) is 2. The lowest BCUT2D eigenvalue weighted by Crippen LogP contribution is -2.27. The molecule has 7 heteroatoms. The van der Waals surface area contributed by atoms with Crippen LogP contribution in [0.2, 0.25) is 0 Å². The molecule has 0 atom stereocenters. The van der Waals surface area contributed by atoms with E-state index in [1.54, 1.807) is 31.5 Å². The van der Waals surface area contributed by atoms with Crippen molar-refractivity contribution < 1.29 is 14.3 Å². The molecule has 3 rings (SSSR count). The topological polar surface area (TPSA) is 96.4 Å². The Morgan fingerprint density at radius 1 is 1.18 bits per heavy atom. The van der Waals surface area contributed by atoms with E-state index < -0.39 is 11.7 Å². The summed E-state index contributed by atoms with van der Waals surface area (Å²) < 4.78 is 12.3. The summed E-state index contributed by atoms with van der Waals surface area (Å²) in [5.41, 5.74) is 7.01. The quantitative estimate of drug-likeness (QED) is 0.410. The van der Waals surface area contributed by atoms with Gasteiger partial charge in [0.05, 0.1) is 23.2 Å². The summed E-state index contributed by atoms with van der Waals surface area (Å²) in [6, 6.07) is 6.04. The second-order valence-electron chi connectivity index (χ2n) is 9.74. The zero-order chi connectivity index (χ0) is 24.9. The van der Waals surface area contributed by atoms with Gasteiger partial charge in [-0.3, -0.25) is 9.78 Å². The van der Waals surface area contributed by atoms with E-state index in [0.29, 0.717) is 17.9 Å². The lowest BCUT2D eigenvalue weighted by molar-refractivity contribution is 0.0600. The van der Waals surface area contributed by atoms with E-state index in [1.165, 1.54) is 0 Å². The molecule has 0 spiro atoms. The number of carbonyl (C=O) groups is 1. The Bertz CT molecular complexity index is 1190. The maximum Gasteiger partial charge on any atom is 0.405 e. The Morgan fingerprint density at radius 2 is 1.85 bits per heavy atom. The third-order valence-electron chi connectivity index (χ3n) is 5.19. The van der Waals surface area contributed by atoms with Gasteiger partial charge in [0.25, 0.3) is 5.56 Å². The van der Waals surface area contributed by atoms with Gasteiger partial charge in [-0.25, -0.2) is 4.79 Å². The van der Waals surface area contributed by atoms with Crippen molar-refractivity contribution in [3.63, 3.8) is 0 Å². The number of amides is 1. The van der Waals surface area contributed by atoms with Crippen molar-refractivity contribution in [3.8, 4) is 5.75 Å². The number of benzene rings is 1. The minimum atomic E-state index is -0.725. The van der Waals surface area contributed by atoms with Gasteiger partial charge in [0.1, 0.15) is 11.4 Å². The van der Waals surface area contributed by atoms with Crippen LogP contribution in [0.4, 0.5) is 4.79 Å². The minimum absolute atomic E-state index is 0.0114. The first-order valence-corrected chi connectivity index (χ1v) is 11.3. The SMILES string of the molecule is CC(C)(C)OC(N)=O.Cc1cc2c3ccnc(C)c3c(=O)n(C)c2cc1OCCCC(C)C. The molecule has 0 fully saturated rings. The van der Waals surface area contributed by atoms with E-state index in [9.17, 15) is 9.59 Å². The van der Waals surface area contributed by atoms with Crippen LogP contribution >= 0.6 is 0 Å². The van der Waals surface area contributed by atoms with Crippen molar-refractivity contribution in [2.24, 2.45) is 18.7 Å². The minimum Gasteiger partial charge on any atom is -0.493 e. The molecule has 0 aliphatic rings. The Kier molecular flexibility index (Phi) is 8.47. The van der Waals surface area contributed by atoms with E-state index in [1.807, 2.05) is 26.1 Å². The standard InChI is InChI=1S/C21H26N2O2.C5H11NO2/c1-13(2)7-6-10-25-19-12-18-17(11-14(19)3)16-8-9-22-15(4)20(16)21(24)23(18)5;1-5(2,3)8-4(6)7/h8-9,11-13H,6-7,10H2,1-5H3;1-3H3,(H2,6,7). The molecule has 0 aliphatic carbocycles. The van der Waals surface area contributed by atoms with Crippen molar-refractivity contribution in [1.29, 1.82) is 0 Å². The van der Waals surface area contributed by atoms with Gasteiger partial charge in [-0.2, -0.15) is 0 Å². The Labute approximate surface area is 195 Å². The second kappa shape index (κ2) is 10.7. The molecule has 1 amide bonds. The number of nitrogens with zero attached hydrogens (tertiary/aromatic N) is 2. The van der Waals surface area contributed by atoms with E-state index in [-0.39, 0.29) is 5.56 Å². The summed E-state index contributed by atoms with van der Waals surface area (Å²) in [4.78, 5) is 27.1. The molecule has 0 unspecified atom stereocenters. The van der Waals surface area contributed by atoms with Crippen LogP contribution in [0.25, 0.3) is 21.7 Å². The monoisotopic (exact) mass is 455 g/mol. The van der Waals surface area contributed by atoms with Crippen LogP contribution in [-0.4, -0.2) is 27.9 Å². The molecule has 180 valence electrons. The number of aromatic nitrogens is 2. The number of hydrogen-bond donors (Lipinski definition) is 1. The summed E-state index contributed by atoms with van der Waals surface area (Å²) in [5, 5.41) is 2.72. The van der Waals surface area contributed by atoms with Gasteiger partial charge in [-0.05, 0) is 76.5 Å². The Morgan fingerprint density at radius 3 is 2.39 bits per heavy atom. The number of nitrogens with two attached hydrogens (primary N) is 1. The van der Waals surface area contributed by atoms with Crippen molar-refractivity contribution in [1.82, 2.24) is 9.55 Å². The molecular weight excluding hydrogens is 418 g/mol. The Balaban J connectivity index is 0.000000414. The average molecular weight is 456 g/mol. The van der Waals surface area contributed by atoms with Gasteiger partial charge in [-0.1, -0.05) is 13.8 Å². The van der Waals surface area contributed by atoms with Gasteiger partial charge in [0, 0.05) is 24.7 Å². The smallest absolute Gasteiger partial charge is 0.405 e. The second-order valence-corrected chi connectivity index (χ2v) is 9.74. The number of aryl methyl sites for hydroxylation is 3. The highest BCUT2D eigenvalue weighted by Gasteiger charge is 2.14. The first-order valence-electron chi connectivity index (χ1n) is 11.3. The molecule has 3 aromatic rings. The molecule has 0 bridgehead atoms. The lowest BCUT2D eigenvalue weighted by atomic mass is 10.0. The zero-order valence-electron chi connectivity index (χ0n) is 21.1. The van der Waals surface area contributed by atoms with E-state index >= 15 is 0 Å². The normalized spacial score (nSPS) is 11.4. The van der Waals surface area contributed by atoms with Crippen molar-refractivity contribution >= 4 is 27.8 Å². The van der Waals surface area contributed by atoms with Crippen molar-refractivity contribution in [3.05, 3.63) is 46.0 Å². The molecule has 33 heavy (non-hydrogen) atoms. The van der Waals surface area contributed by atoms with Gasteiger partial charge >= 0.3 is 6.09 Å². The third kappa shape index (κ3) is 6.94. The fourth-order valence-corrected chi connectivity index (χ4v) is 3.64. The number of primary amides is 1. The van der Waals surface area contributed by atoms with Crippen LogP contribution in [-0.2, 0) is 11.8 Å². The number of pyridine rings is 2. The predicted octanol–water partition coefficient (Wildman–Crippen LogP) is 5.40. The molecule has 2 heterocycles. The van der Waals surface area contributed by atoms with E-state index in [2.05, 4.69) is 36.6 Å². The molecule has 0 saturated carbocycles. The summed E-state index contributed by atoms with van der Waals surface area (Å²) in [7, 11) is 1.81. The fraction of sp³-hybridized carbons (Fsp3) is 0.500. The number of carbonyl (C=O) groups excluding carboxylic acids is 1. The predicted molar refractivity (Wildman–Crippen MR) is 134 cm³/mol. The van der Waals surface area contributed by atoms with Gasteiger partial charge in [0.15, 0.2) is 0 Å². The first kappa shape index (κ1) is 26.2.